The Bertz CT molecular complexity index is 1230. The highest BCUT2D eigenvalue weighted by Gasteiger charge is 2.07. The topological polar surface area (TPSA) is 113 Å². The van der Waals surface area contributed by atoms with Crippen molar-refractivity contribution in [2.75, 3.05) is 11.9 Å². The second kappa shape index (κ2) is 9.15. The van der Waals surface area contributed by atoms with Crippen LogP contribution in [0.5, 0.6) is 0 Å². The zero-order chi connectivity index (χ0) is 21.6. The highest BCUT2D eigenvalue weighted by molar-refractivity contribution is 5.65. The van der Waals surface area contributed by atoms with Crippen LogP contribution in [0.1, 0.15) is 23.4 Å². The molecule has 0 atom stereocenters. The van der Waals surface area contributed by atoms with E-state index >= 15 is 0 Å². The van der Waals surface area contributed by atoms with Gasteiger partial charge in [-0.1, -0.05) is 0 Å². The van der Waals surface area contributed by atoms with Gasteiger partial charge in [-0.3, -0.25) is 0 Å². The number of hydrogen-bond acceptors (Lipinski definition) is 7. The van der Waals surface area contributed by atoms with Gasteiger partial charge in [0.15, 0.2) is 0 Å². The number of benzene rings is 2. The molecule has 154 valence electrons. The van der Waals surface area contributed by atoms with Gasteiger partial charge in [0.2, 0.25) is 5.95 Å². The third-order valence-electron chi connectivity index (χ3n) is 4.69. The van der Waals surface area contributed by atoms with Crippen molar-refractivity contribution in [3.63, 3.8) is 0 Å². The van der Waals surface area contributed by atoms with Crippen LogP contribution in [-0.4, -0.2) is 36.4 Å². The fourth-order valence-corrected chi connectivity index (χ4v) is 3.21. The number of aromatic nitrogens is 5. The summed E-state index contributed by atoms with van der Waals surface area (Å²) in [4.78, 5) is 13.1. The van der Waals surface area contributed by atoms with Gasteiger partial charge in [0, 0.05) is 24.1 Å². The Hall–Kier alpha value is -4.09. The lowest BCUT2D eigenvalue weighted by molar-refractivity contribution is 0.288. The monoisotopic (exact) mass is 411 g/mol. The molecule has 4 aromatic rings. The van der Waals surface area contributed by atoms with Crippen LogP contribution >= 0.6 is 0 Å². The van der Waals surface area contributed by atoms with E-state index in [9.17, 15) is 5.26 Å². The van der Waals surface area contributed by atoms with Crippen molar-refractivity contribution >= 4 is 11.6 Å². The zero-order valence-corrected chi connectivity index (χ0v) is 17.0. The molecule has 2 N–H and O–H groups in total. The van der Waals surface area contributed by atoms with Crippen LogP contribution in [0.15, 0.2) is 61.1 Å². The van der Waals surface area contributed by atoms with Gasteiger partial charge in [-0.25, -0.2) is 19.6 Å². The number of nitriles is 1. The van der Waals surface area contributed by atoms with Gasteiger partial charge in [-0.15, -0.1) is 0 Å². The predicted octanol–water partition coefficient (Wildman–Crippen LogP) is 3.57. The largest absolute Gasteiger partial charge is 0.396 e. The quantitative estimate of drug-likeness (QED) is 0.478. The van der Waals surface area contributed by atoms with Crippen molar-refractivity contribution in [3.05, 3.63) is 78.0 Å². The molecular formula is C23H21N7O. The summed E-state index contributed by atoms with van der Waals surface area (Å²) in [6.45, 7) is 1.96. The standard InChI is InChI=1S/C23H21N7O/c1-16-26-15-30(29-16)21-6-4-20(5-7-21)27-23-25-9-8-22(28-23)19-12-17(3-2-10-31)11-18(13-19)14-24/h4-9,11-13,15,31H,2-3,10H2,1H3,(H,25,27,28). The Morgan fingerprint density at radius 1 is 1.10 bits per heavy atom. The first-order valence-corrected chi connectivity index (χ1v) is 9.89. The minimum Gasteiger partial charge on any atom is -0.396 e. The summed E-state index contributed by atoms with van der Waals surface area (Å²) in [5.41, 5.74) is 4.87. The van der Waals surface area contributed by atoms with Gasteiger partial charge in [0.25, 0.3) is 0 Å². The van der Waals surface area contributed by atoms with Crippen LogP contribution < -0.4 is 5.32 Å². The third-order valence-corrected chi connectivity index (χ3v) is 4.69. The lowest BCUT2D eigenvalue weighted by Gasteiger charge is -2.09. The lowest BCUT2D eigenvalue weighted by atomic mass is 10.0. The van der Waals surface area contributed by atoms with Crippen molar-refractivity contribution in [2.45, 2.75) is 19.8 Å². The molecule has 0 radical (unpaired) electrons. The first-order valence-electron chi connectivity index (χ1n) is 9.89. The van der Waals surface area contributed by atoms with Crippen LogP contribution in [0.3, 0.4) is 0 Å². The van der Waals surface area contributed by atoms with Crippen LogP contribution in [0.2, 0.25) is 0 Å². The molecule has 0 spiro atoms. The average molecular weight is 411 g/mol. The van der Waals surface area contributed by atoms with Gasteiger partial charge in [-0.2, -0.15) is 10.4 Å². The fraction of sp³-hybridized carbons (Fsp3) is 0.174. The first-order chi connectivity index (χ1) is 15.1. The zero-order valence-electron chi connectivity index (χ0n) is 17.0. The van der Waals surface area contributed by atoms with Gasteiger partial charge in [0.05, 0.1) is 23.0 Å². The van der Waals surface area contributed by atoms with Gasteiger partial charge >= 0.3 is 0 Å². The molecule has 2 heterocycles. The fourth-order valence-electron chi connectivity index (χ4n) is 3.21. The van der Waals surface area contributed by atoms with Crippen LogP contribution in [0.4, 0.5) is 11.6 Å². The first kappa shape index (κ1) is 20.2. The van der Waals surface area contributed by atoms with E-state index in [0.29, 0.717) is 30.2 Å². The molecule has 0 aliphatic carbocycles. The summed E-state index contributed by atoms with van der Waals surface area (Å²) in [5.74, 6) is 1.17. The maximum atomic E-state index is 9.36. The second-order valence-electron chi connectivity index (χ2n) is 7.03. The van der Waals surface area contributed by atoms with E-state index in [1.165, 1.54) is 0 Å². The molecule has 0 saturated carbocycles. The Kier molecular flexibility index (Phi) is 5.96. The van der Waals surface area contributed by atoms with E-state index in [2.05, 4.69) is 31.4 Å². The van der Waals surface area contributed by atoms with Crippen molar-refractivity contribution in [1.82, 2.24) is 24.7 Å². The highest BCUT2D eigenvalue weighted by Crippen LogP contribution is 2.23. The number of nitrogens with zero attached hydrogens (tertiary/aromatic N) is 6. The molecule has 2 aromatic heterocycles. The number of nitrogens with one attached hydrogen (secondary N) is 1. The number of aliphatic hydroxyl groups is 1. The average Bonchev–Trinajstić information content (AvgIpc) is 3.24. The predicted molar refractivity (Wildman–Crippen MR) is 117 cm³/mol. The smallest absolute Gasteiger partial charge is 0.227 e. The van der Waals surface area contributed by atoms with Crippen molar-refractivity contribution in [2.24, 2.45) is 0 Å². The van der Waals surface area contributed by atoms with Crippen LogP contribution in [-0.2, 0) is 6.42 Å². The van der Waals surface area contributed by atoms with Gasteiger partial charge in [-0.05, 0) is 73.9 Å². The molecule has 0 aliphatic heterocycles. The minimum absolute atomic E-state index is 0.114. The van der Waals surface area contributed by atoms with E-state index in [0.717, 1.165) is 28.2 Å². The number of rotatable bonds is 7. The lowest BCUT2D eigenvalue weighted by Crippen LogP contribution is -2.00. The molecule has 8 nitrogen and oxygen atoms in total. The molecule has 2 aromatic carbocycles. The summed E-state index contributed by atoms with van der Waals surface area (Å²) in [7, 11) is 0. The molecule has 8 heteroatoms. The van der Waals surface area contributed by atoms with Crippen molar-refractivity contribution in [1.29, 1.82) is 5.26 Å². The van der Waals surface area contributed by atoms with E-state index in [1.54, 1.807) is 17.2 Å². The second-order valence-corrected chi connectivity index (χ2v) is 7.03. The summed E-state index contributed by atoms with van der Waals surface area (Å²) in [5, 5.41) is 26.0. The number of aliphatic hydroxyl groups excluding tert-OH is 1. The molecule has 4 rings (SSSR count). The molecule has 0 fully saturated rings. The van der Waals surface area contributed by atoms with E-state index in [-0.39, 0.29) is 6.61 Å². The number of aryl methyl sites for hydroxylation is 2. The van der Waals surface area contributed by atoms with E-state index in [1.807, 2.05) is 55.5 Å². The summed E-state index contributed by atoms with van der Waals surface area (Å²) >= 11 is 0. The van der Waals surface area contributed by atoms with Crippen molar-refractivity contribution < 1.29 is 5.11 Å². The van der Waals surface area contributed by atoms with Crippen LogP contribution in [0.25, 0.3) is 16.9 Å². The SMILES string of the molecule is Cc1ncn(-c2ccc(Nc3nccc(-c4cc(C#N)cc(CCCO)c4)n3)cc2)n1. The van der Waals surface area contributed by atoms with Crippen molar-refractivity contribution in [3.8, 4) is 23.0 Å². The van der Waals surface area contributed by atoms with Crippen LogP contribution in [0, 0.1) is 18.3 Å². The maximum Gasteiger partial charge on any atom is 0.227 e. The Morgan fingerprint density at radius 2 is 1.94 bits per heavy atom. The van der Waals surface area contributed by atoms with Gasteiger partial charge < -0.3 is 10.4 Å². The normalized spacial score (nSPS) is 10.6. The molecule has 31 heavy (non-hydrogen) atoms. The van der Waals surface area contributed by atoms with E-state index in [4.69, 9.17) is 5.11 Å². The molecule has 0 bridgehead atoms. The molecule has 0 unspecified atom stereocenters. The molecule has 0 saturated heterocycles. The minimum atomic E-state index is 0.114. The Labute approximate surface area is 179 Å². The van der Waals surface area contributed by atoms with Gasteiger partial charge in [0.1, 0.15) is 12.2 Å². The number of hydrogen-bond donors (Lipinski definition) is 2. The summed E-state index contributed by atoms with van der Waals surface area (Å²) < 4.78 is 1.72. The molecule has 0 aliphatic rings. The Morgan fingerprint density at radius 3 is 2.65 bits per heavy atom. The number of anilines is 2. The third kappa shape index (κ3) is 4.91. The highest BCUT2D eigenvalue weighted by atomic mass is 16.2. The molecule has 0 amide bonds. The maximum absolute atomic E-state index is 9.36. The van der Waals surface area contributed by atoms with E-state index < -0.39 is 0 Å². The summed E-state index contributed by atoms with van der Waals surface area (Å²) in [6, 6.07) is 17.4. The Balaban J connectivity index is 1.55. The molecular weight excluding hydrogens is 390 g/mol. The summed E-state index contributed by atoms with van der Waals surface area (Å²) in [6.07, 6.45) is 4.71.